The van der Waals surface area contributed by atoms with Crippen LogP contribution in [0.2, 0.25) is 0 Å². The average molecular weight is 366 g/mol. The Bertz CT molecular complexity index is 768. The Morgan fingerprint density at radius 3 is 2.37 bits per heavy atom. The lowest BCUT2D eigenvalue weighted by atomic mass is 9.83. The standard InChI is InChI=1S/C22H26N2O3/c1-26-19-14-8-9-15-20(19)27-16-21(25)23-24-22(17-10-4-2-5-11-17)18-12-6-3-7-13-18/h2,4-5,8-11,14-15,18H,3,6-7,12-13,16H2,1H3,(H,23,25)/b24-22+. The molecule has 0 heterocycles. The molecule has 1 saturated carbocycles. The van der Waals surface area contributed by atoms with Crippen molar-refractivity contribution in [2.24, 2.45) is 11.0 Å². The van der Waals surface area contributed by atoms with E-state index < -0.39 is 0 Å². The van der Waals surface area contributed by atoms with Gasteiger partial charge in [-0.2, -0.15) is 5.10 Å². The van der Waals surface area contributed by atoms with Crippen molar-refractivity contribution in [1.82, 2.24) is 5.43 Å². The quantitative estimate of drug-likeness (QED) is 0.591. The van der Waals surface area contributed by atoms with Gasteiger partial charge in [0.1, 0.15) is 0 Å². The second-order valence-corrected chi connectivity index (χ2v) is 6.67. The van der Waals surface area contributed by atoms with Crippen LogP contribution in [0.25, 0.3) is 0 Å². The summed E-state index contributed by atoms with van der Waals surface area (Å²) in [6.45, 7) is -0.114. The first-order valence-electron chi connectivity index (χ1n) is 9.45. The summed E-state index contributed by atoms with van der Waals surface area (Å²) in [7, 11) is 1.57. The van der Waals surface area contributed by atoms with E-state index in [2.05, 4.69) is 10.5 Å². The van der Waals surface area contributed by atoms with Gasteiger partial charge in [-0.15, -0.1) is 0 Å². The van der Waals surface area contributed by atoms with Crippen LogP contribution in [0, 0.1) is 5.92 Å². The Balaban J connectivity index is 1.65. The van der Waals surface area contributed by atoms with Crippen LogP contribution in [0.1, 0.15) is 37.7 Å². The van der Waals surface area contributed by atoms with Gasteiger partial charge in [0.05, 0.1) is 12.8 Å². The van der Waals surface area contributed by atoms with Gasteiger partial charge in [-0.1, -0.05) is 61.7 Å². The molecule has 1 N–H and O–H groups in total. The highest BCUT2D eigenvalue weighted by molar-refractivity contribution is 6.02. The SMILES string of the molecule is COc1ccccc1OCC(=O)N/N=C(\c1ccccc1)C1CCCCC1. The normalized spacial score (nSPS) is 15.2. The van der Waals surface area contributed by atoms with Crippen molar-refractivity contribution in [2.75, 3.05) is 13.7 Å². The molecular formula is C22H26N2O3. The molecule has 0 aromatic heterocycles. The Kier molecular flexibility index (Phi) is 6.85. The number of ether oxygens (including phenoxy) is 2. The van der Waals surface area contributed by atoms with Crippen LogP contribution in [0.4, 0.5) is 0 Å². The summed E-state index contributed by atoms with van der Waals surface area (Å²) in [5.74, 6) is 1.23. The molecule has 2 aromatic carbocycles. The summed E-state index contributed by atoms with van der Waals surface area (Å²) in [4.78, 5) is 12.3. The third-order valence-electron chi connectivity index (χ3n) is 4.79. The van der Waals surface area contributed by atoms with E-state index in [0.29, 0.717) is 17.4 Å². The number of hydrogen-bond donors (Lipinski definition) is 1. The van der Waals surface area contributed by atoms with Crippen LogP contribution in [-0.4, -0.2) is 25.3 Å². The van der Waals surface area contributed by atoms with Gasteiger partial charge in [0.15, 0.2) is 18.1 Å². The molecule has 0 bridgehead atoms. The summed E-state index contributed by atoms with van der Waals surface area (Å²) in [5.41, 5.74) is 4.69. The van der Waals surface area contributed by atoms with Crippen molar-refractivity contribution in [3.05, 3.63) is 60.2 Å². The summed E-state index contributed by atoms with van der Waals surface area (Å²) >= 11 is 0. The molecular weight excluding hydrogens is 340 g/mol. The van der Waals surface area contributed by atoms with E-state index in [0.717, 1.165) is 24.1 Å². The van der Waals surface area contributed by atoms with Crippen LogP contribution in [-0.2, 0) is 4.79 Å². The zero-order valence-corrected chi connectivity index (χ0v) is 15.7. The van der Waals surface area contributed by atoms with Gasteiger partial charge in [-0.3, -0.25) is 4.79 Å². The maximum Gasteiger partial charge on any atom is 0.277 e. The summed E-state index contributed by atoms with van der Waals surface area (Å²) in [5, 5.41) is 4.48. The number of carbonyl (C=O) groups is 1. The minimum absolute atomic E-state index is 0.114. The van der Waals surface area contributed by atoms with Crippen LogP contribution in [0.5, 0.6) is 11.5 Å². The number of benzene rings is 2. The van der Waals surface area contributed by atoms with Crippen molar-refractivity contribution < 1.29 is 14.3 Å². The van der Waals surface area contributed by atoms with E-state index in [-0.39, 0.29) is 12.5 Å². The highest BCUT2D eigenvalue weighted by Crippen LogP contribution is 2.27. The number of carbonyl (C=O) groups excluding carboxylic acids is 1. The maximum atomic E-state index is 12.3. The molecule has 0 aliphatic heterocycles. The monoisotopic (exact) mass is 366 g/mol. The molecule has 0 saturated heterocycles. The fourth-order valence-electron chi connectivity index (χ4n) is 3.41. The van der Waals surface area contributed by atoms with E-state index in [9.17, 15) is 4.79 Å². The molecule has 0 unspecified atom stereocenters. The van der Waals surface area contributed by atoms with Gasteiger partial charge < -0.3 is 9.47 Å². The third-order valence-corrected chi connectivity index (χ3v) is 4.79. The number of para-hydroxylation sites is 2. The molecule has 1 amide bonds. The lowest BCUT2D eigenvalue weighted by Gasteiger charge is -2.23. The largest absolute Gasteiger partial charge is 0.493 e. The zero-order chi connectivity index (χ0) is 18.9. The second kappa shape index (κ2) is 9.76. The molecule has 5 nitrogen and oxygen atoms in total. The van der Waals surface area contributed by atoms with Gasteiger partial charge in [-0.05, 0) is 30.5 Å². The molecule has 142 valence electrons. The van der Waals surface area contributed by atoms with Crippen LogP contribution in [0.3, 0.4) is 0 Å². The molecule has 5 heteroatoms. The number of hydrazone groups is 1. The van der Waals surface area contributed by atoms with Crippen molar-refractivity contribution in [3.63, 3.8) is 0 Å². The lowest BCUT2D eigenvalue weighted by Crippen LogP contribution is -2.28. The first-order chi connectivity index (χ1) is 13.3. The van der Waals surface area contributed by atoms with Gasteiger partial charge in [-0.25, -0.2) is 5.43 Å². The minimum Gasteiger partial charge on any atom is -0.493 e. The van der Waals surface area contributed by atoms with Gasteiger partial charge in [0.2, 0.25) is 0 Å². The molecule has 1 aliphatic carbocycles. The summed E-state index contributed by atoms with van der Waals surface area (Å²) in [6, 6.07) is 17.3. The van der Waals surface area contributed by atoms with Crippen molar-refractivity contribution in [1.29, 1.82) is 0 Å². The Labute approximate surface area is 160 Å². The number of amides is 1. The summed E-state index contributed by atoms with van der Waals surface area (Å²) < 4.78 is 10.8. The Hall–Kier alpha value is -2.82. The van der Waals surface area contributed by atoms with Crippen molar-refractivity contribution >= 4 is 11.6 Å². The molecule has 2 aromatic rings. The molecule has 27 heavy (non-hydrogen) atoms. The topological polar surface area (TPSA) is 59.9 Å². The smallest absolute Gasteiger partial charge is 0.277 e. The molecule has 0 spiro atoms. The molecule has 1 aliphatic rings. The van der Waals surface area contributed by atoms with Crippen molar-refractivity contribution in [3.8, 4) is 11.5 Å². The highest BCUT2D eigenvalue weighted by Gasteiger charge is 2.21. The zero-order valence-electron chi connectivity index (χ0n) is 15.7. The average Bonchev–Trinajstić information content (AvgIpc) is 2.74. The fraction of sp³-hybridized carbons (Fsp3) is 0.364. The predicted octanol–water partition coefficient (Wildman–Crippen LogP) is 4.17. The van der Waals surface area contributed by atoms with E-state index in [1.807, 2.05) is 42.5 Å². The molecule has 3 rings (SSSR count). The maximum absolute atomic E-state index is 12.3. The lowest BCUT2D eigenvalue weighted by molar-refractivity contribution is -0.123. The van der Waals surface area contributed by atoms with Gasteiger partial charge in [0.25, 0.3) is 5.91 Å². The predicted molar refractivity (Wildman–Crippen MR) is 106 cm³/mol. The van der Waals surface area contributed by atoms with Gasteiger partial charge in [0, 0.05) is 5.92 Å². The van der Waals surface area contributed by atoms with E-state index in [1.165, 1.54) is 19.3 Å². The first kappa shape index (κ1) is 19.0. The van der Waals surface area contributed by atoms with Crippen LogP contribution < -0.4 is 14.9 Å². The Morgan fingerprint density at radius 2 is 1.67 bits per heavy atom. The van der Waals surface area contributed by atoms with Crippen molar-refractivity contribution in [2.45, 2.75) is 32.1 Å². The second-order valence-electron chi connectivity index (χ2n) is 6.67. The molecule has 1 fully saturated rings. The number of hydrogen-bond acceptors (Lipinski definition) is 4. The molecule has 0 atom stereocenters. The number of rotatable bonds is 7. The molecule has 0 radical (unpaired) electrons. The van der Waals surface area contributed by atoms with Gasteiger partial charge >= 0.3 is 0 Å². The third kappa shape index (κ3) is 5.33. The van der Waals surface area contributed by atoms with Crippen LogP contribution in [0.15, 0.2) is 59.7 Å². The van der Waals surface area contributed by atoms with E-state index >= 15 is 0 Å². The number of methoxy groups -OCH3 is 1. The van der Waals surface area contributed by atoms with E-state index in [4.69, 9.17) is 9.47 Å². The minimum atomic E-state index is -0.287. The fourth-order valence-corrected chi connectivity index (χ4v) is 3.41. The van der Waals surface area contributed by atoms with Crippen LogP contribution >= 0.6 is 0 Å². The van der Waals surface area contributed by atoms with E-state index in [1.54, 1.807) is 19.2 Å². The summed E-state index contributed by atoms with van der Waals surface area (Å²) in [6.07, 6.45) is 5.92. The number of nitrogens with zero attached hydrogens (tertiary/aromatic N) is 1. The first-order valence-corrected chi connectivity index (χ1v) is 9.45. The number of nitrogens with one attached hydrogen (secondary N) is 1. The highest BCUT2D eigenvalue weighted by atomic mass is 16.5. The Morgan fingerprint density at radius 1 is 1.00 bits per heavy atom.